The molecule has 1 aliphatic rings. The van der Waals surface area contributed by atoms with Gasteiger partial charge in [0.05, 0.1) is 0 Å². The van der Waals surface area contributed by atoms with Gasteiger partial charge < -0.3 is 10.1 Å². The van der Waals surface area contributed by atoms with Gasteiger partial charge in [0.2, 0.25) is 11.8 Å². The number of nitrogens with one attached hydrogen (secondary N) is 2. The van der Waals surface area contributed by atoms with Crippen LogP contribution in [0.15, 0.2) is 18.2 Å². The van der Waals surface area contributed by atoms with Crippen molar-refractivity contribution in [3.63, 3.8) is 0 Å². The summed E-state index contributed by atoms with van der Waals surface area (Å²) in [6.45, 7) is 4.19. The second-order valence-electron chi connectivity index (χ2n) is 7.71. The standard InChI is InChI=1S/C20H23F2N5O4/c1-10-11(2)27(31)19(26(10)8-7-25(3)4)15(12-5-6-13(21)14(22)9-12)16-17(28)23-20(30)24-18(16)29/h5-6,9,15-16H,7-8H2,1-4H3,(H2,23,24,28,29,30). The summed E-state index contributed by atoms with van der Waals surface area (Å²) in [5.41, 5.74) is 0.998. The number of benzene rings is 1. The van der Waals surface area contributed by atoms with Gasteiger partial charge in [-0.1, -0.05) is 6.07 Å². The highest BCUT2D eigenvalue weighted by atomic mass is 19.2. The van der Waals surface area contributed by atoms with Gasteiger partial charge in [-0.15, -0.1) is 0 Å². The zero-order chi connectivity index (χ0) is 23.0. The Morgan fingerprint density at radius 1 is 1.13 bits per heavy atom. The van der Waals surface area contributed by atoms with Crippen LogP contribution in [0.4, 0.5) is 13.6 Å². The molecule has 1 saturated heterocycles. The number of nitrogens with zero attached hydrogens (tertiary/aromatic N) is 3. The van der Waals surface area contributed by atoms with Crippen LogP contribution in [0, 0.1) is 36.6 Å². The van der Waals surface area contributed by atoms with Crippen LogP contribution in [-0.2, 0) is 16.1 Å². The van der Waals surface area contributed by atoms with E-state index in [-0.39, 0.29) is 11.4 Å². The fraction of sp³-hybridized carbons (Fsp3) is 0.400. The first kappa shape index (κ1) is 22.3. The highest BCUT2D eigenvalue weighted by Crippen LogP contribution is 2.34. The maximum Gasteiger partial charge on any atom is 0.328 e. The molecule has 1 aromatic carbocycles. The van der Waals surface area contributed by atoms with Crippen LogP contribution in [0.5, 0.6) is 0 Å². The van der Waals surface area contributed by atoms with Crippen molar-refractivity contribution >= 4 is 17.8 Å². The summed E-state index contributed by atoms with van der Waals surface area (Å²) in [6, 6.07) is 1.95. The summed E-state index contributed by atoms with van der Waals surface area (Å²) >= 11 is 0. The lowest BCUT2D eigenvalue weighted by Crippen LogP contribution is -2.58. The molecule has 2 N–H and O–H groups in total. The summed E-state index contributed by atoms with van der Waals surface area (Å²) < 4.78 is 29.9. The maximum absolute atomic E-state index is 14.1. The van der Waals surface area contributed by atoms with E-state index in [1.54, 1.807) is 18.4 Å². The van der Waals surface area contributed by atoms with E-state index in [0.717, 1.165) is 12.1 Å². The second kappa shape index (κ2) is 8.42. The molecule has 1 aliphatic heterocycles. The molecule has 166 valence electrons. The molecule has 0 saturated carbocycles. The number of carbonyl (C=O) groups is 3. The number of likely N-dealkylation sites (N-methyl/N-ethyl adjacent to an activating group) is 1. The van der Waals surface area contributed by atoms with Gasteiger partial charge >= 0.3 is 6.03 Å². The fourth-order valence-electron chi connectivity index (χ4n) is 3.70. The zero-order valence-corrected chi connectivity index (χ0v) is 17.5. The van der Waals surface area contributed by atoms with Crippen molar-refractivity contribution in [3.05, 3.63) is 57.8 Å². The Balaban J connectivity index is 2.26. The highest BCUT2D eigenvalue weighted by molar-refractivity contribution is 6.16. The molecule has 1 aromatic heterocycles. The molecule has 4 amide bonds. The average Bonchev–Trinajstić information content (AvgIpc) is 2.88. The van der Waals surface area contributed by atoms with E-state index in [1.165, 1.54) is 6.07 Å². The maximum atomic E-state index is 14.1. The first-order valence-corrected chi connectivity index (χ1v) is 9.57. The van der Waals surface area contributed by atoms with Crippen molar-refractivity contribution in [2.24, 2.45) is 5.92 Å². The number of carbonyl (C=O) groups excluding carboxylic acids is 3. The smallest absolute Gasteiger partial charge is 0.328 e. The number of urea groups is 1. The fourth-order valence-corrected chi connectivity index (χ4v) is 3.70. The van der Waals surface area contributed by atoms with Crippen LogP contribution in [-0.4, -0.2) is 48.0 Å². The SMILES string of the molecule is Cc1c(C)[n+]([O-])c(C(c2ccc(F)c(F)c2)C2C(=O)NC(=O)NC2=O)n1CCN(C)C. The Morgan fingerprint density at radius 2 is 1.74 bits per heavy atom. The van der Waals surface area contributed by atoms with Gasteiger partial charge in [-0.2, -0.15) is 0 Å². The molecule has 31 heavy (non-hydrogen) atoms. The third kappa shape index (κ3) is 4.13. The Bertz CT molecular complexity index is 1050. The van der Waals surface area contributed by atoms with E-state index in [9.17, 15) is 28.4 Å². The lowest BCUT2D eigenvalue weighted by Gasteiger charge is -2.28. The summed E-state index contributed by atoms with van der Waals surface area (Å²) in [7, 11) is 3.69. The molecule has 0 spiro atoms. The van der Waals surface area contributed by atoms with Crippen LogP contribution >= 0.6 is 0 Å². The summed E-state index contributed by atoms with van der Waals surface area (Å²) in [4.78, 5) is 38.7. The third-order valence-electron chi connectivity index (χ3n) is 5.44. The molecule has 3 rings (SSSR count). The number of amides is 4. The van der Waals surface area contributed by atoms with Crippen LogP contribution in [0.25, 0.3) is 0 Å². The summed E-state index contributed by atoms with van der Waals surface area (Å²) in [6.07, 6.45) is 0. The van der Waals surface area contributed by atoms with Gasteiger partial charge in [-0.3, -0.25) is 20.2 Å². The number of hydrogen-bond acceptors (Lipinski definition) is 5. The van der Waals surface area contributed by atoms with Crippen molar-refractivity contribution in [1.29, 1.82) is 0 Å². The summed E-state index contributed by atoms with van der Waals surface area (Å²) in [5, 5.41) is 17.1. The molecule has 0 radical (unpaired) electrons. The van der Waals surface area contributed by atoms with Gasteiger partial charge in [0, 0.05) is 20.4 Å². The third-order valence-corrected chi connectivity index (χ3v) is 5.44. The predicted octanol–water partition coefficient (Wildman–Crippen LogP) is 0.692. The molecule has 9 nitrogen and oxygen atoms in total. The van der Waals surface area contributed by atoms with E-state index in [1.807, 2.05) is 29.6 Å². The lowest BCUT2D eigenvalue weighted by molar-refractivity contribution is -0.621. The Labute approximate surface area is 177 Å². The van der Waals surface area contributed by atoms with Gasteiger partial charge in [0.1, 0.15) is 29.8 Å². The number of imidazole rings is 1. The van der Waals surface area contributed by atoms with Gasteiger partial charge in [0.15, 0.2) is 11.6 Å². The Hall–Kier alpha value is -3.34. The molecule has 2 heterocycles. The minimum Gasteiger partial charge on any atom is -0.711 e. The first-order chi connectivity index (χ1) is 14.5. The van der Waals surface area contributed by atoms with Crippen LogP contribution in [0.1, 0.15) is 28.7 Å². The number of barbiturate groups is 1. The van der Waals surface area contributed by atoms with Crippen molar-refractivity contribution in [2.45, 2.75) is 26.3 Å². The van der Waals surface area contributed by atoms with Crippen LogP contribution < -0.4 is 15.4 Å². The zero-order valence-electron chi connectivity index (χ0n) is 17.5. The minimum absolute atomic E-state index is 0.0208. The molecular weight excluding hydrogens is 412 g/mol. The molecule has 0 aliphatic carbocycles. The van der Waals surface area contributed by atoms with Crippen molar-refractivity contribution in [2.75, 3.05) is 20.6 Å². The van der Waals surface area contributed by atoms with E-state index in [2.05, 4.69) is 0 Å². The normalized spacial score (nSPS) is 15.9. The molecule has 2 aromatic rings. The van der Waals surface area contributed by atoms with E-state index < -0.39 is 41.3 Å². The minimum atomic E-state index is -1.55. The largest absolute Gasteiger partial charge is 0.711 e. The molecule has 1 atom stereocenters. The van der Waals surface area contributed by atoms with Crippen molar-refractivity contribution in [1.82, 2.24) is 20.1 Å². The Kier molecular flexibility index (Phi) is 6.07. The first-order valence-electron chi connectivity index (χ1n) is 9.57. The van der Waals surface area contributed by atoms with E-state index in [0.29, 0.717) is 29.2 Å². The van der Waals surface area contributed by atoms with Crippen molar-refractivity contribution < 1.29 is 27.9 Å². The van der Waals surface area contributed by atoms with Crippen molar-refractivity contribution in [3.8, 4) is 0 Å². The number of halogens is 2. The second-order valence-corrected chi connectivity index (χ2v) is 7.71. The van der Waals surface area contributed by atoms with Crippen LogP contribution in [0.2, 0.25) is 0 Å². The number of aromatic nitrogens is 2. The van der Waals surface area contributed by atoms with Crippen LogP contribution in [0.3, 0.4) is 0 Å². The van der Waals surface area contributed by atoms with Gasteiger partial charge in [-0.05, 0) is 31.8 Å². The Morgan fingerprint density at radius 3 is 2.29 bits per heavy atom. The van der Waals surface area contributed by atoms with E-state index >= 15 is 0 Å². The lowest BCUT2D eigenvalue weighted by atomic mass is 9.83. The predicted molar refractivity (Wildman–Crippen MR) is 105 cm³/mol. The monoisotopic (exact) mass is 435 g/mol. The van der Waals surface area contributed by atoms with E-state index in [4.69, 9.17) is 0 Å². The molecule has 1 unspecified atom stereocenters. The number of imide groups is 2. The number of rotatable bonds is 6. The quantitative estimate of drug-likeness (QED) is 0.394. The topological polar surface area (TPSA) is 110 Å². The number of hydrogen-bond donors (Lipinski definition) is 2. The average molecular weight is 435 g/mol. The van der Waals surface area contributed by atoms with Gasteiger partial charge in [0.25, 0.3) is 5.82 Å². The summed E-state index contributed by atoms with van der Waals surface area (Å²) in [5.74, 6) is -6.95. The molecule has 0 bridgehead atoms. The molecular formula is C20H23F2N5O4. The molecule has 1 fully saturated rings. The highest BCUT2D eigenvalue weighted by Gasteiger charge is 2.47. The molecule has 11 heteroatoms. The van der Waals surface area contributed by atoms with Gasteiger partial charge in [-0.25, -0.2) is 22.9 Å².